The highest BCUT2D eigenvalue weighted by Gasteiger charge is 2.12. The first-order chi connectivity index (χ1) is 9.19. The molecule has 0 unspecified atom stereocenters. The number of hydrogen-bond donors (Lipinski definition) is 1. The largest absolute Gasteiger partial charge is 0.461 e. The number of aromatic nitrogens is 3. The Morgan fingerprint density at radius 1 is 1.42 bits per heavy atom. The molecule has 0 amide bonds. The molecule has 100 valence electrons. The second kappa shape index (κ2) is 5.94. The first-order valence-electron chi connectivity index (χ1n) is 5.83. The minimum absolute atomic E-state index is 0.138. The highest BCUT2D eigenvalue weighted by Crippen LogP contribution is 2.09. The summed E-state index contributed by atoms with van der Waals surface area (Å²) in [6.45, 7) is 4.31. The predicted octanol–water partition coefficient (Wildman–Crippen LogP) is 1.56. The van der Waals surface area contributed by atoms with E-state index >= 15 is 0 Å². The molecule has 19 heavy (non-hydrogen) atoms. The average Bonchev–Trinajstić information content (AvgIpc) is 2.87. The molecule has 0 aliphatic carbocycles. The number of rotatable bonds is 5. The number of nitrogens with zero attached hydrogens (tertiary/aromatic N) is 3. The molecule has 2 rings (SSSR count). The summed E-state index contributed by atoms with van der Waals surface area (Å²) in [6.07, 6.45) is 4.59. The molecule has 0 aliphatic rings. The molecule has 0 spiro atoms. The molecule has 2 heterocycles. The fourth-order valence-electron chi connectivity index (χ4n) is 1.33. The summed E-state index contributed by atoms with van der Waals surface area (Å²) >= 11 is 0. The van der Waals surface area contributed by atoms with E-state index in [2.05, 4.69) is 20.3 Å². The zero-order chi connectivity index (χ0) is 13.7. The van der Waals surface area contributed by atoms with Crippen LogP contribution in [0.1, 0.15) is 28.8 Å². The van der Waals surface area contributed by atoms with Gasteiger partial charge in [-0.1, -0.05) is 0 Å². The van der Waals surface area contributed by atoms with Gasteiger partial charge in [-0.25, -0.2) is 4.79 Å². The van der Waals surface area contributed by atoms with Crippen LogP contribution in [0, 0.1) is 6.92 Å². The SMILES string of the molecule is CCOC(=O)c1coc(NCc2cnc(C)cn2)n1. The van der Waals surface area contributed by atoms with Crippen LogP contribution in [0.4, 0.5) is 6.01 Å². The van der Waals surface area contributed by atoms with Gasteiger partial charge in [-0.05, 0) is 13.8 Å². The van der Waals surface area contributed by atoms with Crippen LogP contribution < -0.4 is 5.32 Å². The minimum atomic E-state index is -0.505. The summed E-state index contributed by atoms with van der Waals surface area (Å²) in [6, 6.07) is 0.241. The molecule has 7 nitrogen and oxygen atoms in total. The molecule has 0 aromatic carbocycles. The normalized spacial score (nSPS) is 10.2. The molecule has 2 aromatic heterocycles. The lowest BCUT2D eigenvalue weighted by Gasteiger charge is -2.00. The van der Waals surface area contributed by atoms with Crippen LogP contribution in [0.2, 0.25) is 0 Å². The van der Waals surface area contributed by atoms with Crippen molar-refractivity contribution < 1.29 is 13.9 Å². The van der Waals surface area contributed by atoms with Crippen LogP contribution in [0.15, 0.2) is 23.1 Å². The van der Waals surface area contributed by atoms with Gasteiger partial charge >= 0.3 is 5.97 Å². The number of carbonyl (C=O) groups is 1. The fraction of sp³-hybridized carbons (Fsp3) is 0.333. The molecular weight excluding hydrogens is 248 g/mol. The van der Waals surface area contributed by atoms with Gasteiger partial charge in [0.15, 0.2) is 5.69 Å². The van der Waals surface area contributed by atoms with Gasteiger partial charge in [0.25, 0.3) is 6.01 Å². The van der Waals surface area contributed by atoms with Crippen molar-refractivity contribution in [3.8, 4) is 0 Å². The van der Waals surface area contributed by atoms with Crippen LogP contribution >= 0.6 is 0 Å². The van der Waals surface area contributed by atoms with Crippen molar-refractivity contribution in [3.05, 3.63) is 35.7 Å². The molecule has 0 bridgehead atoms. The molecule has 7 heteroatoms. The van der Waals surface area contributed by atoms with Gasteiger partial charge < -0.3 is 14.5 Å². The van der Waals surface area contributed by atoms with E-state index in [1.807, 2.05) is 6.92 Å². The molecule has 0 radical (unpaired) electrons. The zero-order valence-corrected chi connectivity index (χ0v) is 10.7. The van der Waals surface area contributed by atoms with Gasteiger partial charge in [0.05, 0.1) is 30.7 Å². The van der Waals surface area contributed by atoms with Crippen molar-refractivity contribution in [2.24, 2.45) is 0 Å². The van der Waals surface area contributed by atoms with Crippen LogP contribution in [0.3, 0.4) is 0 Å². The fourth-order valence-corrected chi connectivity index (χ4v) is 1.33. The third kappa shape index (κ3) is 3.51. The quantitative estimate of drug-likeness (QED) is 0.817. The Kier molecular flexibility index (Phi) is 4.07. The zero-order valence-electron chi connectivity index (χ0n) is 10.7. The smallest absolute Gasteiger partial charge is 0.360 e. The maximum Gasteiger partial charge on any atom is 0.360 e. The lowest BCUT2D eigenvalue weighted by molar-refractivity contribution is 0.0519. The van der Waals surface area contributed by atoms with Gasteiger partial charge in [0.2, 0.25) is 0 Å². The van der Waals surface area contributed by atoms with E-state index in [1.54, 1.807) is 19.3 Å². The molecule has 0 saturated carbocycles. The first-order valence-corrected chi connectivity index (χ1v) is 5.83. The number of hydrogen-bond acceptors (Lipinski definition) is 7. The standard InChI is InChI=1S/C12H14N4O3/c1-3-18-11(17)10-7-19-12(16-10)15-6-9-5-13-8(2)4-14-9/h4-5,7H,3,6H2,1-2H3,(H,15,16). The van der Waals surface area contributed by atoms with Crippen molar-refractivity contribution in [2.75, 3.05) is 11.9 Å². The molecule has 2 aromatic rings. The monoisotopic (exact) mass is 262 g/mol. The van der Waals surface area contributed by atoms with Crippen LogP contribution in [0.25, 0.3) is 0 Å². The minimum Gasteiger partial charge on any atom is -0.461 e. The number of aryl methyl sites for hydroxylation is 1. The molecule has 0 fully saturated rings. The average molecular weight is 262 g/mol. The second-order valence-corrected chi connectivity index (χ2v) is 3.76. The third-order valence-corrected chi connectivity index (χ3v) is 2.24. The van der Waals surface area contributed by atoms with E-state index < -0.39 is 5.97 Å². The topological polar surface area (TPSA) is 90.1 Å². The van der Waals surface area contributed by atoms with E-state index in [1.165, 1.54) is 6.26 Å². The number of esters is 1. The summed E-state index contributed by atoms with van der Waals surface area (Å²) in [7, 11) is 0. The Hall–Kier alpha value is -2.44. The Bertz CT molecular complexity index is 550. The van der Waals surface area contributed by atoms with Crippen molar-refractivity contribution in [3.63, 3.8) is 0 Å². The predicted molar refractivity (Wildman–Crippen MR) is 66.6 cm³/mol. The third-order valence-electron chi connectivity index (χ3n) is 2.24. The van der Waals surface area contributed by atoms with E-state index in [4.69, 9.17) is 9.15 Å². The Morgan fingerprint density at radius 2 is 2.26 bits per heavy atom. The Morgan fingerprint density at radius 3 is 2.95 bits per heavy atom. The van der Waals surface area contributed by atoms with Crippen molar-refractivity contribution in [1.29, 1.82) is 0 Å². The molecule has 0 atom stereocenters. The van der Waals surface area contributed by atoms with Gasteiger partial charge in [-0.2, -0.15) is 4.98 Å². The number of oxazole rings is 1. The maximum atomic E-state index is 11.4. The number of anilines is 1. The van der Waals surface area contributed by atoms with Gasteiger partial charge in [0, 0.05) is 6.20 Å². The maximum absolute atomic E-state index is 11.4. The van der Waals surface area contributed by atoms with Crippen LogP contribution in [0.5, 0.6) is 0 Å². The van der Waals surface area contributed by atoms with Crippen LogP contribution in [-0.4, -0.2) is 27.5 Å². The molecule has 1 N–H and O–H groups in total. The number of ether oxygens (including phenoxy) is 1. The summed E-state index contributed by atoms with van der Waals surface area (Å²) in [5.74, 6) is -0.505. The first kappa shape index (κ1) is 13.0. The lowest BCUT2D eigenvalue weighted by atomic mass is 10.4. The number of carbonyl (C=O) groups excluding carboxylic acids is 1. The van der Waals surface area contributed by atoms with Crippen molar-refractivity contribution >= 4 is 12.0 Å². The summed E-state index contributed by atoms with van der Waals surface area (Å²) in [5, 5.41) is 2.91. The van der Waals surface area contributed by atoms with E-state index in [0.717, 1.165) is 11.4 Å². The van der Waals surface area contributed by atoms with Gasteiger partial charge in [0.1, 0.15) is 6.26 Å². The van der Waals surface area contributed by atoms with E-state index in [9.17, 15) is 4.79 Å². The van der Waals surface area contributed by atoms with E-state index in [-0.39, 0.29) is 11.7 Å². The van der Waals surface area contributed by atoms with Gasteiger partial charge in [-0.3, -0.25) is 9.97 Å². The number of nitrogens with one attached hydrogen (secondary N) is 1. The van der Waals surface area contributed by atoms with Gasteiger partial charge in [-0.15, -0.1) is 0 Å². The summed E-state index contributed by atoms with van der Waals surface area (Å²) in [4.78, 5) is 23.6. The summed E-state index contributed by atoms with van der Waals surface area (Å²) in [5.41, 5.74) is 1.74. The van der Waals surface area contributed by atoms with Crippen molar-refractivity contribution in [2.45, 2.75) is 20.4 Å². The molecule has 0 saturated heterocycles. The highest BCUT2D eigenvalue weighted by atomic mass is 16.5. The second-order valence-electron chi connectivity index (χ2n) is 3.76. The van der Waals surface area contributed by atoms with E-state index in [0.29, 0.717) is 13.2 Å². The Balaban J connectivity index is 1.93. The Labute approximate surface area is 110 Å². The van der Waals surface area contributed by atoms with Crippen LogP contribution in [-0.2, 0) is 11.3 Å². The molecule has 0 aliphatic heterocycles. The molecular formula is C12H14N4O3. The van der Waals surface area contributed by atoms with Crippen molar-refractivity contribution in [1.82, 2.24) is 15.0 Å². The highest BCUT2D eigenvalue weighted by molar-refractivity contribution is 5.87. The lowest BCUT2D eigenvalue weighted by Crippen LogP contribution is -2.06. The summed E-state index contributed by atoms with van der Waals surface area (Å²) < 4.78 is 9.91.